The quantitative estimate of drug-likeness (QED) is 0.731. The zero-order chi connectivity index (χ0) is 19.8. The number of hydrogen-bond acceptors (Lipinski definition) is 5. The van der Waals surface area contributed by atoms with E-state index in [1.165, 1.54) is 24.9 Å². The van der Waals surface area contributed by atoms with Crippen molar-refractivity contribution in [1.29, 1.82) is 0 Å². The highest BCUT2D eigenvalue weighted by atomic mass is 16.2. The highest BCUT2D eigenvalue weighted by molar-refractivity contribution is 5.92. The van der Waals surface area contributed by atoms with E-state index in [2.05, 4.69) is 58.3 Å². The van der Waals surface area contributed by atoms with Crippen LogP contribution in [-0.2, 0) is 0 Å². The maximum Gasteiger partial charge on any atom is 0.274 e. The number of amides is 1. The third-order valence-corrected chi connectivity index (χ3v) is 5.01. The number of hydrogen-bond donors (Lipinski definition) is 1. The van der Waals surface area contributed by atoms with Crippen molar-refractivity contribution in [3.63, 3.8) is 0 Å². The fourth-order valence-electron chi connectivity index (χ4n) is 3.58. The molecule has 1 aromatic carbocycles. The molecule has 6 heteroatoms. The molecule has 0 aliphatic carbocycles. The molecule has 1 aliphatic rings. The van der Waals surface area contributed by atoms with E-state index in [0.29, 0.717) is 11.5 Å². The van der Waals surface area contributed by atoms with Crippen LogP contribution in [0.2, 0.25) is 0 Å². The largest absolute Gasteiger partial charge is 0.372 e. The third kappa shape index (κ3) is 5.21. The van der Waals surface area contributed by atoms with Crippen LogP contribution in [0, 0.1) is 0 Å². The number of rotatable bonds is 8. The lowest BCUT2D eigenvalue weighted by molar-refractivity contribution is 0.0749. The Morgan fingerprint density at radius 1 is 1.00 bits per heavy atom. The summed E-state index contributed by atoms with van der Waals surface area (Å²) in [5.74, 6) is 0.591. The highest BCUT2D eigenvalue weighted by Gasteiger charge is 2.16. The molecule has 0 radical (unpaired) electrons. The molecule has 1 aliphatic heterocycles. The molecule has 1 fully saturated rings. The maximum atomic E-state index is 12.6. The van der Waals surface area contributed by atoms with Gasteiger partial charge in [-0.15, -0.1) is 0 Å². The Kier molecular flexibility index (Phi) is 7.23. The lowest BCUT2D eigenvalue weighted by Gasteiger charge is -2.28. The molecule has 1 amide bonds. The molecular weight excluding hydrogens is 350 g/mol. The number of benzene rings is 1. The smallest absolute Gasteiger partial charge is 0.274 e. The van der Waals surface area contributed by atoms with Crippen LogP contribution in [0.4, 0.5) is 17.2 Å². The Labute approximate surface area is 168 Å². The molecule has 1 aromatic heterocycles. The Balaban J connectivity index is 1.61. The summed E-state index contributed by atoms with van der Waals surface area (Å²) in [7, 11) is 0. The lowest BCUT2D eigenvalue weighted by atomic mass is 10.1. The predicted octanol–water partition coefficient (Wildman–Crippen LogP) is 4.47. The summed E-state index contributed by atoms with van der Waals surface area (Å²) < 4.78 is 0. The van der Waals surface area contributed by atoms with Gasteiger partial charge in [0, 0.05) is 37.6 Å². The van der Waals surface area contributed by atoms with E-state index < -0.39 is 0 Å². The first-order chi connectivity index (χ1) is 13.7. The molecule has 0 atom stereocenters. The van der Waals surface area contributed by atoms with Gasteiger partial charge in [-0.05, 0) is 56.4 Å². The number of carbonyl (C=O) groups excluding carboxylic acids is 1. The fraction of sp³-hybridized carbons (Fsp3) is 0.500. The molecule has 2 aromatic rings. The normalized spacial score (nSPS) is 14.0. The van der Waals surface area contributed by atoms with E-state index in [-0.39, 0.29) is 5.91 Å². The third-order valence-electron chi connectivity index (χ3n) is 5.01. The van der Waals surface area contributed by atoms with Gasteiger partial charge in [0.25, 0.3) is 5.91 Å². The van der Waals surface area contributed by atoms with Crippen LogP contribution in [0.1, 0.15) is 56.4 Å². The van der Waals surface area contributed by atoms with Crippen molar-refractivity contribution in [2.24, 2.45) is 0 Å². The number of nitrogens with zero attached hydrogens (tertiary/aromatic N) is 4. The van der Waals surface area contributed by atoms with E-state index in [4.69, 9.17) is 0 Å². The van der Waals surface area contributed by atoms with Gasteiger partial charge in [-0.2, -0.15) is 0 Å². The molecule has 1 N–H and O–H groups in total. The minimum absolute atomic E-state index is 0.0476. The molecule has 0 unspecified atom stereocenters. The predicted molar refractivity (Wildman–Crippen MR) is 114 cm³/mol. The SMILES string of the molecule is CCCN(CCC)C(=O)c1cnc(Nc2ccc(N3CCCCC3)cc2)cn1. The maximum absolute atomic E-state index is 12.6. The van der Waals surface area contributed by atoms with Crippen LogP contribution in [0.3, 0.4) is 0 Å². The van der Waals surface area contributed by atoms with Crippen molar-refractivity contribution in [1.82, 2.24) is 14.9 Å². The zero-order valence-electron chi connectivity index (χ0n) is 17.0. The number of aromatic nitrogens is 2. The van der Waals surface area contributed by atoms with Gasteiger partial charge in [0.15, 0.2) is 0 Å². The van der Waals surface area contributed by atoms with Crippen molar-refractivity contribution in [2.45, 2.75) is 46.0 Å². The minimum Gasteiger partial charge on any atom is -0.372 e. The van der Waals surface area contributed by atoms with Crippen LogP contribution in [-0.4, -0.2) is 47.0 Å². The number of anilines is 3. The average molecular weight is 382 g/mol. The van der Waals surface area contributed by atoms with Gasteiger partial charge in [-0.3, -0.25) is 4.79 Å². The standard InChI is InChI=1S/C22H31N5O/c1-3-12-27(13-4-2)22(28)20-16-24-21(17-23-20)25-18-8-10-19(11-9-18)26-14-6-5-7-15-26/h8-11,16-17H,3-7,12-15H2,1-2H3,(H,24,25). The molecule has 6 nitrogen and oxygen atoms in total. The Bertz CT molecular complexity index is 733. The number of nitrogens with one attached hydrogen (secondary N) is 1. The second-order valence-electron chi connectivity index (χ2n) is 7.30. The Morgan fingerprint density at radius 2 is 1.68 bits per heavy atom. The van der Waals surface area contributed by atoms with E-state index >= 15 is 0 Å². The molecule has 3 rings (SSSR count). The number of carbonyl (C=O) groups is 1. The van der Waals surface area contributed by atoms with E-state index in [1.807, 2.05) is 4.90 Å². The summed E-state index contributed by atoms with van der Waals surface area (Å²) in [6, 6.07) is 8.42. The van der Waals surface area contributed by atoms with Gasteiger partial charge in [0.1, 0.15) is 11.5 Å². The van der Waals surface area contributed by atoms with E-state index in [0.717, 1.165) is 44.7 Å². The minimum atomic E-state index is -0.0476. The second kappa shape index (κ2) is 10.1. The average Bonchev–Trinajstić information content (AvgIpc) is 2.75. The molecule has 0 saturated carbocycles. The van der Waals surface area contributed by atoms with E-state index in [9.17, 15) is 4.79 Å². The van der Waals surface area contributed by atoms with Gasteiger partial charge in [-0.1, -0.05) is 13.8 Å². The lowest BCUT2D eigenvalue weighted by Crippen LogP contribution is -2.33. The van der Waals surface area contributed by atoms with Crippen LogP contribution in [0.25, 0.3) is 0 Å². The van der Waals surface area contributed by atoms with Crippen molar-refractivity contribution in [2.75, 3.05) is 36.4 Å². The topological polar surface area (TPSA) is 61.4 Å². The fourth-order valence-corrected chi connectivity index (χ4v) is 3.58. The molecule has 0 bridgehead atoms. The first-order valence-corrected chi connectivity index (χ1v) is 10.4. The van der Waals surface area contributed by atoms with Gasteiger partial charge in [0.2, 0.25) is 0 Å². The van der Waals surface area contributed by atoms with Crippen LogP contribution in [0.5, 0.6) is 0 Å². The first kappa shape index (κ1) is 20.1. The van der Waals surface area contributed by atoms with Gasteiger partial charge < -0.3 is 15.1 Å². The van der Waals surface area contributed by atoms with Crippen molar-refractivity contribution >= 4 is 23.1 Å². The van der Waals surface area contributed by atoms with Gasteiger partial charge >= 0.3 is 0 Å². The van der Waals surface area contributed by atoms with Crippen molar-refractivity contribution < 1.29 is 4.79 Å². The summed E-state index contributed by atoms with van der Waals surface area (Å²) >= 11 is 0. The van der Waals surface area contributed by atoms with E-state index in [1.54, 1.807) is 12.4 Å². The Hall–Kier alpha value is -2.63. The summed E-state index contributed by atoms with van der Waals surface area (Å²) in [5, 5.41) is 3.26. The molecule has 28 heavy (non-hydrogen) atoms. The van der Waals surface area contributed by atoms with Gasteiger partial charge in [-0.25, -0.2) is 9.97 Å². The monoisotopic (exact) mass is 381 g/mol. The highest BCUT2D eigenvalue weighted by Crippen LogP contribution is 2.23. The molecule has 0 spiro atoms. The summed E-state index contributed by atoms with van der Waals surface area (Å²) in [6.45, 7) is 7.92. The summed E-state index contributed by atoms with van der Waals surface area (Å²) in [6.07, 6.45) is 8.94. The molecule has 2 heterocycles. The van der Waals surface area contributed by atoms with Crippen LogP contribution in [0.15, 0.2) is 36.7 Å². The molecule has 150 valence electrons. The number of piperidine rings is 1. The summed E-state index contributed by atoms with van der Waals surface area (Å²) in [4.78, 5) is 25.6. The Morgan fingerprint density at radius 3 is 2.25 bits per heavy atom. The molecule has 1 saturated heterocycles. The zero-order valence-corrected chi connectivity index (χ0v) is 17.0. The van der Waals surface area contributed by atoms with Crippen LogP contribution < -0.4 is 10.2 Å². The first-order valence-electron chi connectivity index (χ1n) is 10.4. The van der Waals surface area contributed by atoms with Crippen molar-refractivity contribution in [3.05, 3.63) is 42.4 Å². The second-order valence-corrected chi connectivity index (χ2v) is 7.30. The summed E-state index contributed by atoms with van der Waals surface area (Å²) in [5.41, 5.74) is 2.63. The molecular formula is C22H31N5O. The van der Waals surface area contributed by atoms with Gasteiger partial charge in [0.05, 0.1) is 12.4 Å². The van der Waals surface area contributed by atoms with Crippen LogP contribution >= 0.6 is 0 Å². The van der Waals surface area contributed by atoms with Crippen molar-refractivity contribution in [3.8, 4) is 0 Å².